The highest BCUT2D eigenvalue weighted by atomic mass is 32.1. The monoisotopic (exact) mass is 372 g/mol. The first-order valence-corrected chi connectivity index (χ1v) is 10.4. The van der Waals surface area contributed by atoms with Gasteiger partial charge < -0.3 is 10.0 Å². The third kappa shape index (κ3) is 3.70. The second-order valence-electron chi connectivity index (χ2n) is 7.61. The van der Waals surface area contributed by atoms with Crippen LogP contribution in [0.3, 0.4) is 0 Å². The largest absolute Gasteiger partial charge is 0.383 e. The van der Waals surface area contributed by atoms with Crippen LogP contribution in [-0.2, 0) is 12.1 Å². The molecule has 0 bridgehead atoms. The summed E-state index contributed by atoms with van der Waals surface area (Å²) in [5.74, 6) is 0. The molecule has 3 heterocycles. The van der Waals surface area contributed by atoms with Crippen molar-refractivity contribution in [3.8, 4) is 0 Å². The molecule has 6 heteroatoms. The van der Waals surface area contributed by atoms with Crippen LogP contribution < -0.4 is 0 Å². The average Bonchev–Trinajstić information content (AvgIpc) is 3.18. The first-order valence-electron chi connectivity index (χ1n) is 9.45. The SMILES string of the molecule is CN1CCN([C@@H]2CN(Cc3cscn3)CC[C@]2(O)c2ccccc2)CC1. The van der Waals surface area contributed by atoms with Crippen LogP contribution in [0.1, 0.15) is 17.7 Å². The van der Waals surface area contributed by atoms with Crippen molar-refractivity contribution in [3.05, 3.63) is 52.5 Å². The summed E-state index contributed by atoms with van der Waals surface area (Å²) >= 11 is 1.65. The van der Waals surface area contributed by atoms with E-state index in [-0.39, 0.29) is 6.04 Å². The third-order valence-electron chi connectivity index (χ3n) is 5.91. The smallest absolute Gasteiger partial charge is 0.108 e. The van der Waals surface area contributed by atoms with Gasteiger partial charge in [0.1, 0.15) is 5.60 Å². The van der Waals surface area contributed by atoms with Gasteiger partial charge in [-0.05, 0) is 19.0 Å². The molecule has 5 nitrogen and oxygen atoms in total. The normalized spacial score (nSPS) is 29.1. The summed E-state index contributed by atoms with van der Waals surface area (Å²) in [6.45, 7) is 6.81. The van der Waals surface area contributed by atoms with E-state index in [0.29, 0.717) is 0 Å². The number of hydrogen-bond donors (Lipinski definition) is 1. The number of benzene rings is 1. The number of nitrogens with zero attached hydrogens (tertiary/aromatic N) is 4. The summed E-state index contributed by atoms with van der Waals surface area (Å²) in [5, 5.41) is 13.9. The molecule has 140 valence electrons. The van der Waals surface area contributed by atoms with E-state index in [4.69, 9.17) is 0 Å². The molecule has 4 rings (SSSR count). The first kappa shape index (κ1) is 18.1. The maximum atomic E-state index is 11.8. The zero-order chi connectivity index (χ0) is 18.0. The van der Waals surface area contributed by atoms with E-state index in [2.05, 4.69) is 44.2 Å². The Labute approximate surface area is 159 Å². The number of rotatable bonds is 4. The molecule has 2 saturated heterocycles. The third-order valence-corrected chi connectivity index (χ3v) is 6.55. The summed E-state index contributed by atoms with van der Waals surface area (Å²) in [4.78, 5) is 11.8. The lowest BCUT2D eigenvalue weighted by Crippen LogP contribution is -2.63. The Bertz CT molecular complexity index is 687. The van der Waals surface area contributed by atoms with Crippen molar-refractivity contribution in [1.29, 1.82) is 0 Å². The molecule has 2 aliphatic rings. The highest BCUT2D eigenvalue weighted by Gasteiger charge is 2.46. The van der Waals surface area contributed by atoms with E-state index >= 15 is 0 Å². The van der Waals surface area contributed by atoms with Gasteiger partial charge in [0.15, 0.2) is 0 Å². The number of piperidine rings is 1. The van der Waals surface area contributed by atoms with Gasteiger partial charge in [-0.25, -0.2) is 4.98 Å². The Morgan fingerprint density at radius 3 is 2.62 bits per heavy atom. The summed E-state index contributed by atoms with van der Waals surface area (Å²) in [6.07, 6.45) is 0.762. The fourth-order valence-electron chi connectivity index (χ4n) is 4.28. The topological polar surface area (TPSA) is 42.8 Å². The van der Waals surface area contributed by atoms with Gasteiger partial charge in [0, 0.05) is 51.2 Å². The van der Waals surface area contributed by atoms with Gasteiger partial charge in [-0.1, -0.05) is 30.3 Å². The molecule has 26 heavy (non-hydrogen) atoms. The van der Waals surface area contributed by atoms with E-state index in [1.165, 1.54) is 0 Å². The first-order chi connectivity index (χ1) is 12.6. The van der Waals surface area contributed by atoms with E-state index in [9.17, 15) is 5.11 Å². The molecule has 0 saturated carbocycles. The quantitative estimate of drug-likeness (QED) is 0.887. The number of aliphatic hydroxyl groups is 1. The molecule has 1 aromatic carbocycles. The molecule has 0 unspecified atom stereocenters. The van der Waals surface area contributed by atoms with Gasteiger partial charge in [-0.3, -0.25) is 9.80 Å². The molecule has 1 aromatic heterocycles. The van der Waals surface area contributed by atoms with Crippen molar-refractivity contribution < 1.29 is 5.11 Å². The maximum Gasteiger partial charge on any atom is 0.108 e. The van der Waals surface area contributed by atoms with Crippen molar-refractivity contribution in [2.24, 2.45) is 0 Å². The average molecular weight is 373 g/mol. The van der Waals surface area contributed by atoms with Crippen molar-refractivity contribution in [2.45, 2.75) is 24.6 Å². The van der Waals surface area contributed by atoms with Gasteiger partial charge in [-0.15, -0.1) is 11.3 Å². The van der Waals surface area contributed by atoms with Crippen molar-refractivity contribution in [2.75, 3.05) is 46.3 Å². The lowest BCUT2D eigenvalue weighted by molar-refractivity contribution is -0.108. The minimum absolute atomic E-state index is 0.117. The molecule has 0 aliphatic carbocycles. The van der Waals surface area contributed by atoms with Crippen LogP contribution in [-0.4, -0.2) is 77.1 Å². The summed E-state index contributed by atoms with van der Waals surface area (Å²) in [7, 11) is 2.18. The minimum atomic E-state index is -0.782. The lowest BCUT2D eigenvalue weighted by Gasteiger charge is -2.51. The number of likely N-dealkylation sites (N-methyl/N-ethyl adjacent to an activating group) is 1. The van der Waals surface area contributed by atoms with E-state index in [1.807, 2.05) is 23.7 Å². The standard InChI is InChI=1S/C20H28N4OS/c1-22-9-11-24(12-10-22)19-14-23(13-18-15-26-16-21-18)8-7-20(19,25)17-5-3-2-4-6-17/h2-6,15-16,19,25H,7-14H2,1H3/t19-,20+/m1/s1. The van der Waals surface area contributed by atoms with E-state index in [1.54, 1.807) is 11.3 Å². The van der Waals surface area contributed by atoms with Gasteiger partial charge in [0.25, 0.3) is 0 Å². The van der Waals surface area contributed by atoms with Gasteiger partial charge in [-0.2, -0.15) is 0 Å². The number of piperazine rings is 1. The van der Waals surface area contributed by atoms with Crippen molar-refractivity contribution in [1.82, 2.24) is 19.7 Å². The van der Waals surface area contributed by atoms with Crippen LogP contribution >= 0.6 is 11.3 Å². The van der Waals surface area contributed by atoms with Crippen LogP contribution in [0.15, 0.2) is 41.2 Å². The van der Waals surface area contributed by atoms with Gasteiger partial charge >= 0.3 is 0 Å². The number of likely N-dealkylation sites (tertiary alicyclic amines) is 1. The fraction of sp³-hybridized carbons (Fsp3) is 0.550. The summed E-state index contributed by atoms with van der Waals surface area (Å²) < 4.78 is 0. The summed E-state index contributed by atoms with van der Waals surface area (Å²) in [5.41, 5.74) is 3.31. The Kier molecular flexibility index (Phi) is 5.38. The van der Waals surface area contributed by atoms with E-state index < -0.39 is 5.60 Å². The predicted octanol–water partition coefficient (Wildman–Crippen LogP) is 1.85. The Morgan fingerprint density at radius 1 is 1.15 bits per heavy atom. The predicted molar refractivity (Wildman–Crippen MR) is 105 cm³/mol. The van der Waals surface area contributed by atoms with Gasteiger partial charge in [0.2, 0.25) is 0 Å². The lowest BCUT2D eigenvalue weighted by atomic mass is 9.79. The molecule has 2 aromatic rings. The highest BCUT2D eigenvalue weighted by molar-refractivity contribution is 7.07. The highest BCUT2D eigenvalue weighted by Crippen LogP contribution is 2.36. The molecule has 2 aliphatic heterocycles. The Hall–Kier alpha value is -1.31. The molecule has 0 spiro atoms. The Morgan fingerprint density at radius 2 is 1.92 bits per heavy atom. The van der Waals surface area contributed by atoms with Crippen LogP contribution in [0.25, 0.3) is 0 Å². The number of thiazole rings is 1. The zero-order valence-electron chi connectivity index (χ0n) is 15.4. The minimum Gasteiger partial charge on any atom is -0.383 e. The molecule has 0 amide bonds. The van der Waals surface area contributed by atoms with Crippen LogP contribution in [0.4, 0.5) is 0 Å². The number of aromatic nitrogens is 1. The van der Waals surface area contributed by atoms with Crippen LogP contribution in [0, 0.1) is 0 Å². The molecule has 1 N–H and O–H groups in total. The second-order valence-corrected chi connectivity index (χ2v) is 8.33. The zero-order valence-corrected chi connectivity index (χ0v) is 16.2. The summed E-state index contributed by atoms with van der Waals surface area (Å²) in [6, 6.07) is 10.4. The van der Waals surface area contributed by atoms with E-state index in [0.717, 1.165) is 63.5 Å². The molecule has 2 atom stereocenters. The molecule has 2 fully saturated rings. The number of hydrogen-bond acceptors (Lipinski definition) is 6. The van der Waals surface area contributed by atoms with Crippen molar-refractivity contribution >= 4 is 11.3 Å². The Balaban J connectivity index is 1.57. The fourth-order valence-corrected chi connectivity index (χ4v) is 4.83. The molecule has 0 radical (unpaired) electrons. The van der Waals surface area contributed by atoms with Crippen LogP contribution in [0.5, 0.6) is 0 Å². The second kappa shape index (κ2) is 7.74. The molecular formula is C20H28N4OS. The van der Waals surface area contributed by atoms with Crippen molar-refractivity contribution in [3.63, 3.8) is 0 Å². The maximum absolute atomic E-state index is 11.8. The van der Waals surface area contributed by atoms with Crippen LogP contribution in [0.2, 0.25) is 0 Å². The molecular weight excluding hydrogens is 344 g/mol. The van der Waals surface area contributed by atoms with Gasteiger partial charge in [0.05, 0.1) is 17.2 Å².